The summed E-state index contributed by atoms with van der Waals surface area (Å²) in [5.41, 5.74) is 7.47. The van der Waals surface area contributed by atoms with E-state index in [-0.39, 0.29) is 5.91 Å². The van der Waals surface area contributed by atoms with Crippen LogP contribution in [-0.2, 0) is 11.3 Å². The highest BCUT2D eigenvalue weighted by molar-refractivity contribution is 5.91. The van der Waals surface area contributed by atoms with Crippen LogP contribution in [0.1, 0.15) is 38.7 Å². The molecule has 1 aromatic rings. The van der Waals surface area contributed by atoms with Gasteiger partial charge in [-0.1, -0.05) is 32.0 Å². The van der Waals surface area contributed by atoms with Crippen molar-refractivity contribution in [1.29, 1.82) is 0 Å². The molecule has 0 heterocycles. The topological polar surface area (TPSA) is 58.4 Å². The lowest BCUT2D eigenvalue weighted by atomic mass is 10.1. The molecule has 0 fully saturated rings. The van der Waals surface area contributed by atoms with Gasteiger partial charge in [-0.25, -0.2) is 0 Å². The second-order valence-electron chi connectivity index (χ2n) is 6.00. The van der Waals surface area contributed by atoms with E-state index < -0.39 is 0 Å². The smallest absolute Gasteiger partial charge is 0.224 e. The first-order valence-corrected chi connectivity index (χ1v) is 7.79. The van der Waals surface area contributed by atoms with Gasteiger partial charge in [-0.3, -0.25) is 4.79 Å². The molecule has 0 saturated carbocycles. The first-order valence-electron chi connectivity index (χ1n) is 7.79. The summed E-state index contributed by atoms with van der Waals surface area (Å²) >= 11 is 0. The Morgan fingerprint density at radius 1 is 1.29 bits per heavy atom. The molecule has 1 amide bonds. The van der Waals surface area contributed by atoms with Crippen LogP contribution in [-0.4, -0.2) is 30.9 Å². The van der Waals surface area contributed by atoms with Gasteiger partial charge >= 0.3 is 0 Å². The van der Waals surface area contributed by atoms with Crippen LogP contribution in [0.2, 0.25) is 0 Å². The van der Waals surface area contributed by atoms with Crippen molar-refractivity contribution in [2.75, 3.05) is 25.5 Å². The Hall–Kier alpha value is -1.39. The number of nitrogens with one attached hydrogen (secondary N) is 1. The minimum absolute atomic E-state index is 0.0631. The first-order chi connectivity index (χ1) is 10.0. The van der Waals surface area contributed by atoms with Gasteiger partial charge in [0.2, 0.25) is 5.91 Å². The Morgan fingerprint density at radius 2 is 2.00 bits per heavy atom. The van der Waals surface area contributed by atoms with E-state index in [1.54, 1.807) is 0 Å². The highest BCUT2D eigenvalue weighted by Gasteiger charge is 2.07. The molecule has 21 heavy (non-hydrogen) atoms. The molecule has 0 unspecified atom stereocenters. The molecule has 0 aliphatic carbocycles. The minimum Gasteiger partial charge on any atom is -0.326 e. The van der Waals surface area contributed by atoms with Crippen LogP contribution >= 0.6 is 0 Å². The number of para-hydroxylation sites is 1. The van der Waals surface area contributed by atoms with Gasteiger partial charge in [-0.05, 0) is 50.5 Å². The fraction of sp³-hybridized carbons (Fsp3) is 0.588. The summed E-state index contributed by atoms with van der Waals surface area (Å²) in [6, 6.07) is 7.68. The molecule has 1 aromatic carbocycles. The number of amides is 1. The summed E-state index contributed by atoms with van der Waals surface area (Å²) in [7, 11) is 2.12. The molecule has 1 rings (SSSR count). The van der Waals surface area contributed by atoms with Crippen LogP contribution in [0.15, 0.2) is 24.3 Å². The van der Waals surface area contributed by atoms with E-state index >= 15 is 0 Å². The molecule has 4 nitrogen and oxygen atoms in total. The molecule has 0 atom stereocenters. The molecule has 0 aliphatic heterocycles. The number of carbonyl (C=O) groups excluding carboxylic acids is 1. The maximum atomic E-state index is 12.0. The van der Waals surface area contributed by atoms with Gasteiger partial charge in [0.05, 0.1) is 0 Å². The van der Waals surface area contributed by atoms with Gasteiger partial charge in [0, 0.05) is 18.7 Å². The Labute approximate surface area is 128 Å². The first kappa shape index (κ1) is 17.7. The summed E-state index contributed by atoms with van der Waals surface area (Å²) < 4.78 is 0. The summed E-state index contributed by atoms with van der Waals surface area (Å²) in [6.45, 7) is 6.95. The molecule has 118 valence electrons. The molecule has 0 bridgehead atoms. The number of anilines is 1. The quantitative estimate of drug-likeness (QED) is 0.735. The second-order valence-corrected chi connectivity index (χ2v) is 6.00. The standard InChI is InChI=1S/C17H29N3O/c1-14(2)10-12-20(3)11-6-9-17(21)19-16-8-5-4-7-15(16)13-18/h4-5,7-8,14H,6,9-13,18H2,1-3H3,(H,19,21). The number of hydrogen-bond donors (Lipinski definition) is 2. The number of nitrogens with two attached hydrogens (primary N) is 1. The highest BCUT2D eigenvalue weighted by atomic mass is 16.1. The van der Waals surface area contributed by atoms with Crippen LogP contribution in [0.5, 0.6) is 0 Å². The molecular weight excluding hydrogens is 262 g/mol. The molecule has 0 aliphatic rings. The summed E-state index contributed by atoms with van der Waals surface area (Å²) in [5, 5.41) is 2.95. The van der Waals surface area contributed by atoms with E-state index in [2.05, 4.69) is 31.1 Å². The number of rotatable bonds is 9. The van der Waals surface area contributed by atoms with Crippen molar-refractivity contribution in [3.8, 4) is 0 Å². The Bertz CT molecular complexity index is 432. The van der Waals surface area contributed by atoms with Crippen LogP contribution in [0.25, 0.3) is 0 Å². The lowest BCUT2D eigenvalue weighted by molar-refractivity contribution is -0.116. The highest BCUT2D eigenvalue weighted by Crippen LogP contribution is 2.14. The number of carbonyl (C=O) groups is 1. The third kappa shape index (κ3) is 7.25. The van der Waals surface area contributed by atoms with Crippen LogP contribution in [0, 0.1) is 5.92 Å². The van der Waals surface area contributed by atoms with Gasteiger partial charge in [0.1, 0.15) is 0 Å². The van der Waals surface area contributed by atoms with Crippen LogP contribution < -0.4 is 11.1 Å². The molecular formula is C17H29N3O. The molecule has 4 heteroatoms. The predicted octanol–water partition coefficient (Wildman–Crippen LogP) is 2.84. The largest absolute Gasteiger partial charge is 0.326 e. The van der Waals surface area contributed by atoms with Gasteiger partial charge in [0.15, 0.2) is 0 Å². The van der Waals surface area contributed by atoms with Crippen LogP contribution in [0.3, 0.4) is 0 Å². The van der Waals surface area contributed by atoms with Crippen molar-refractivity contribution in [2.24, 2.45) is 11.7 Å². The third-order valence-corrected chi connectivity index (χ3v) is 3.54. The Balaban J connectivity index is 2.28. The normalized spacial score (nSPS) is 11.1. The summed E-state index contributed by atoms with van der Waals surface area (Å²) in [5.74, 6) is 0.789. The molecule has 0 saturated heterocycles. The molecule has 3 N–H and O–H groups in total. The van der Waals surface area contributed by atoms with E-state index in [9.17, 15) is 4.79 Å². The van der Waals surface area contributed by atoms with Gasteiger partial charge in [0.25, 0.3) is 0 Å². The van der Waals surface area contributed by atoms with Crippen molar-refractivity contribution < 1.29 is 4.79 Å². The van der Waals surface area contributed by atoms with Gasteiger partial charge < -0.3 is 16.0 Å². The number of nitrogens with zero attached hydrogens (tertiary/aromatic N) is 1. The maximum Gasteiger partial charge on any atom is 0.224 e. The van der Waals surface area contributed by atoms with Crippen molar-refractivity contribution >= 4 is 11.6 Å². The van der Waals surface area contributed by atoms with Crippen molar-refractivity contribution in [1.82, 2.24) is 4.90 Å². The predicted molar refractivity (Wildman–Crippen MR) is 89.1 cm³/mol. The van der Waals surface area contributed by atoms with Crippen LogP contribution in [0.4, 0.5) is 5.69 Å². The van der Waals surface area contributed by atoms with Crippen molar-refractivity contribution in [2.45, 2.75) is 39.7 Å². The Kier molecular flexibility index (Phi) is 8.01. The average Bonchev–Trinajstić information content (AvgIpc) is 2.45. The number of hydrogen-bond acceptors (Lipinski definition) is 3. The lowest BCUT2D eigenvalue weighted by Gasteiger charge is -2.17. The molecule has 0 aromatic heterocycles. The lowest BCUT2D eigenvalue weighted by Crippen LogP contribution is -2.23. The summed E-state index contributed by atoms with van der Waals surface area (Å²) in [6.07, 6.45) is 2.63. The van der Waals surface area contributed by atoms with E-state index in [4.69, 9.17) is 5.73 Å². The SMILES string of the molecule is CC(C)CCN(C)CCCC(=O)Nc1ccccc1CN. The minimum atomic E-state index is 0.0631. The molecule has 0 spiro atoms. The fourth-order valence-electron chi connectivity index (χ4n) is 2.13. The van der Waals surface area contributed by atoms with Gasteiger partial charge in [-0.2, -0.15) is 0 Å². The summed E-state index contributed by atoms with van der Waals surface area (Å²) in [4.78, 5) is 14.3. The second kappa shape index (κ2) is 9.53. The zero-order valence-corrected chi connectivity index (χ0v) is 13.6. The fourth-order valence-corrected chi connectivity index (χ4v) is 2.13. The van der Waals surface area contributed by atoms with Crippen molar-refractivity contribution in [3.63, 3.8) is 0 Å². The average molecular weight is 291 g/mol. The maximum absolute atomic E-state index is 12.0. The van der Waals surface area contributed by atoms with Crippen molar-refractivity contribution in [3.05, 3.63) is 29.8 Å². The monoisotopic (exact) mass is 291 g/mol. The Morgan fingerprint density at radius 3 is 2.67 bits per heavy atom. The van der Waals surface area contributed by atoms with E-state index in [1.165, 1.54) is 6.42 Å². The zero-order valence-electron chi connectivity index (χ0n) is 13.6. The van der Waals surface area contributed by atoms with E-state index in [0.29, 0.717) is 13.0 Å². The zero-order chi connectivity index (χ0) is 15.7. The number of benzene rings is 1. The van der Waals surface area contributed by atoms with E-state index in [1.807, 2.05) is 24.3 Å². The van der Waals surface area contributed by atoms with Gasteiger partial charge in [-0.15, -0.1) is 0 Å². The van der Waals surface area contributed by atoms with E-state index in [0.717, 1.165) is 36.7 Å². The third-order valence-electron chi connectivity index (χ3n) is 3.54. The molecule has 0 radical (unpaired) electrons.